The van der Waals surface area contributed by atoms with Gasteiger partial charge in [0.05, 0.1) is 0 Å². The van der Waals surface area contributed by atoms with Gasteiger partial charge in [0.2, 0.25) is 0 Å². The third kappa shape index (κ3) is 12.6. The summed E-state index contributed by atoms with van der Waals surface area (Å²) in [5, 5.41) is 0. The highest BCUT2D eigenvalue weighted by molar-refractivity contribution is 4.98. The molecule has 0 aliphatic rings. The molecule has 11 heavy (non-hydrogen) atoms. The molecular weight excluding hydrogens is 132 g/mol. The standard InChI is InChI=1S/C9H16.C2H6/c1-4-6-8-9(3)7-5-2;1-2/h4,6,8-9H,1,5,7H2,2-3H3;1-2H3/b8-6-;. The Kier molecular flexibility index (Phi) is 14.5. The zero-order valence-electron chi connectivity index (χ0n) is 8.43. The first-order valence-electron chi connectivity index (χ1n) is 4.60. The van der Waals surface area contributed by atoms with Gasteiger partial charge in [0, 0.05) is 0 Å². The summed E-state index contributed by atoms with van der Waals surface area (Å²) in [4.78, 5) is 0. The lowest BCUT2D eigenvalue weighted by atomic mass is 10.1. The molecule has 0 amide bonds. The summed E-state index contributed by atoms with van der Waals surface area (Å²) >= 11 is 0. The van der Waals surface area contributed by atoms with Gasteiger partial charge in [-0.2, -0.15) is 0 Å². The van der Waals surface area contributed by atoms with Crippen LogP contribution in [0.25, 0.3) is 0 Å². The third-order valence-corrected chi connectivity index (χ3v) is 1.32. The highest BCUT2D eigenvalue weighted by atomic mass is 14.0. The molecule has 0 heterocycles. The molecule has 0 saturated heterocycles. The van der Waals surface area contributed by atoms with E-state index in [9.17, 15) is 0 Å². The molecule has 1 atom stereocenters. The van der Waals surface area contributed by atoms with Gasteiger partial charge in [0.1, 0.15) is 0 Å². The van der Waals surface area contributed by atoms with Crippen molar-refractivity contribution in [3.63, 3.8) is 0 Å². The first-order valence-corrected chi connectivity index (χ1v) is 4.60. The van der Waals surface area contributed by atoms with Crippen molar-refractivity contribution in [1.29, 1.82) is 0 Å². The third-order valence-electron chi connectivity index (χ3n) is 1.32. The van der Waals surface area contributed by atoms with E-state index in [-0.39, 0.29) is 0 Å². The normalized spacial score (nSPS) is 12.0. The Morgan fingerprint density at radius 3 is 2.27 bits per heavy atom. The SMILES string of the molecule is C=C/C=C\C(C)CCC.CC. The molecule has 0 heteroatoms. The lowest BCUT2D eigenvalue weighted by molar-refractivity contribution is 0.634. The van der Waals surface area contributed by atoms with Crippen LogP contribution in [-0.4, -0.2) is 0 Å². The fourth-order valence-electron chi connectivity index (χ4n) is 0.820. The van der Waals surface area contributed by atoms with Crippen molar-refractivity contribution in [2.75, 3.05) is 0 Å². The maximum Gasteiger partial charge on any atom is -0.0259 e. The molecule has 1 unspecified atom stereocenters. The average molecular weight is 154 g/mol. The van der Waals surface area contributed by atoms with E-state index in [1.165, 1.54) is 12.8 Å². The van der Waals surface area contributed by atoms with Gasteiger partial charge in [-0.3, -0.25) is 0 Å². The molecule has 0 radical (unpaired) electrons. The summed E-state index contributed by atoms with van der Waals surface area (Å²) < 4.78 is 0. The van der Waals surface area contributed by atoms with E-state index in [0.717, 1.165) is 0 Å². The molecule has 66 valence electrons. The van der Waals surface area contributed by atoms with E-state index in [2.05, 4.69) is 26.5 Å². The van der Waals surface area contributed by atoms with Crippen molar-refractivity contribution >= 4 is 0 Å². The Morgan fingerprint density at radius 1 is 1.36 bits per heavy atom. The minimum Gasteiger partial charge on any atom is -0.0991 e. The fourth-order valence-corrected chi connectivity index (χ4v) is 0.820. The Balaban J connectivity index is 0. The maximum atomic E-state index is 3.61. The molecule has 0 N–H and O–H groups in total. The van der Waals surface area contributed by atoms with Crippen LogP contribution in [0.5, 0.6) is 0 Å². The van der Waals surface area contributed by atoms with Crippen molar-refractivity contribution < 1.29 is 0 Å². The predicted molar refractivity (Wildman–Crippen MR) is 54.8 cm³/mol. The number of rotatable bonds is 4. The van der Waals surface area contributed by atoms with Gasteiger partial charge in [-0.15, -0.1) is 0 Å². The van der Waals surface area contributed by atoms with Crippen LogP contribution in [0.3, 0.4) is 0 Å². The molecule has 0 aromatic carbocycles. The molecule has 0 rings (SSSR count). The van der Waals surface area contributed by atoms with Crippen LogP contribution in [0.2, 0.25) is 0 Å². The van der Waals surface area contributed by atoms with Crippen LogP contribution in [-0.2, 0) is 0 Å². The minimum atomic E-state index is 0.716. The smallest absolute Gasteiger partial charge is 0.0259 e. The van der Waals surface area contributed by atoms with Crippen molar-refractivity contribution in [3.8, 4) is 0 Å². The largest absolute Gasteiger partial charge is 0.0991 e. The topological polar surface area (TPSA) is 0 Å². The Bertz CT molecular complexity index is 90.2. The van der Waals surface area contributed by atoms with Crippen LogP contribution >= 0.6 is 0 Å². The highest BCUT2D eigenvalue weighted by Gasteiger charge is 1.90. The highest BCUT2D eigenvalue weighted by Crippen LogP contribution is 2.05. The predicted octanol–water partition coefficient (Wildman–Crippen LogP) is 4.19. The van der Waals surface area contributed by atoms with Crippen LogP contribution in [0.15, 0.2) is 24.8 Å². The molecule has 0 aliphatic heterocycles. The van der Waals surface area contributed by atoms with Gasteiger partial charge >= 0.3 is 0 Å². The molecule has 0 saturated carbocycles. The maximum absolute atomic E-state index is 3.61. The molecule has 0 aromatic heterocycles. The first kappa shape index (κ1) is 13.1. The summed E-state index contributed by atoms with van der Waals surface area (Å²) in [6, 6.07) is 0. The van der Waals surface area contributed by atoms with E-state index in [4.69, 9.17) is 0 Å². The Labute approximate surface area is 72.0 Å². The van der Waals surface area contributed by atoms with Crippen molar-refractivity contribution in [1.82, 2.24) is 0 Å². The quantitative estimate of drug-likeness (QED) is 0.533. The summed E-state index contributed by atoms with van der Waals surface area (Å²) in [6.45, 7) is 12.0. The monoisotopic (exact) mass is 154 g/mol. The van der Waals surface area contributed by atoms with Crippen molar-refractivity contribution in [2.24, 2.45) is 5.92 Å². The van der Waals surface area contributed by atoms with Gasteiger partial charge in [0.15, 0.2) is 0 Å². The van der Waals surface area contributed by atoms with E-state index in [1.54, 1.807) is 0 Å². The second kappa shape index (κ2) is 12.2. The molecule has 0 aromatic rings. The van der Waals surface area contributed by atoms with E-state index in [1.807, 2.05) is 26.0 Å². The van der Waals surface area contributed by atoms with E-state index >= 15 is 0 Å². The van der Waals surface area contributed by atoms with Crippen LogP contribution < -0.4 is 0 Å². The summed E-state index contributed by atoms with van der Waals surface area (Å²) in [5.74, 6) is 0.716. The minimum absolute atomic E-state index is 0.716. The van der Waals surface area contributed by atoms with Crippen LogP contribution in [0, 0.1) is 5.92 Å². The molecule has 0 fully saturated rings. The number of hydrogen-bond acceptors (Lipinski definition) is 0. The molecule has 0 bridgehead atoms. The molecular formula is C11H22. The van der Waals surface area contributed by atoms with Gasteiger partial charge in [-0.1, -0.05) is 58.9 Å². The molecule has 0 nitrogen and oxygen atoms in total. The number of allylic oxidation sites excluding steroid dienone is 3. The summed E-state index contributed by atoms with van der Waals surface area (Å²) in [6.07, 6.45) is 8.58. The lowest BCUT2D eigenvalue weighted by Crippen LogP contribution is -1.85. The second-order valence-electron chi connectivity index (χ2n) is 2.39. The molecule has 0 aliphatic carbocycles. The van der Waals surface area contributed by atoms with E-state index < -0.39 is 0 Å². The second-order valence-corrected chi connectivity index (χ2v) is 2.39. The van der Waals surface area contributed by atoms with Crippen LogP contribution in [0.4, 0.5) is 0 Å². The lowest BCUT2D eigenvalue weighted by Gasteiger charge is -1.99. The Morgan fingerprint density at radius 2 is 1.91 bits per heavy atom. The van der Waals surface area contributed by atoms with Gasteiger partial charge in [0.25, 0.3) is 0 Å². The number of hydrogen-bond donors (Lipinski definition) is 0. The van der Waals surface area contributed by atoms with Crippen molar-refractivity contribution in [3.05, 3.63) is 24.8 Å². The zero-order chi connectivity index (χ0) is 9.11. The van der Waals surface area contributed by atoms with E-state index in [0.29, 0.717) is 5.92 Å². The van der Waals surface area contributed by atoms with Gasteiger partial charge < -0.3 is 0 Å². The summed E-state index contributed by atoms with van der Waals surface area (Å²) in [7, 11) is 0. The zero-order valence-corrected chi connectivity index (χ0v) is 8.43. The average Bonchev–Trinajstić information content (AvgIpc) is 2.05. The van der Waals surface area contributed by atoms with Crippen LogP contribution in [0.1, 0.15) is 40.5 Å². The fraction of sp³-hybridized carbons (Fsp3) is 0.636. The Hall–Kier alpha value is -0.520. The van der Waals surface area contributed by atoms with Gasteiger partial charge in [-0.25, -0.2) is 0 Å². The van der Waals surface area contributed by atoms with Gasteiger partial charge in [-0.05, 0) is 12.3 Å². The summed E-state index contributed by atoms with van der Waals surface area (Å²) in [5.41, 5.74) is 0. The molecule has 0 spiro atoms. The van der Waals surface area contributed by atoms with Crippen molar-refractivity contribution in [2.45, 2.75) is 40.5 Å². The first-order chi connectivity index (χ1) is 5.31.